The lowest BCUT2D eigenvalue weighted by Crippen LogP contribution is -2.31. The molecule has 0 unspecified atom stereocenters. The van der Waals surface area contributed by atoms with Gasteiger partial charge in [-0.05, 0) is 75.5 Å². The number of nitrogens with one attached hydrogen (secondary N) is 4. The summed E-state index contributed by atoms with van der Waals surface area (Å²) in [5.41, 5.74) is 5.05. The normalized spacial score (nSPS) is 10.7. The summed E-state index contributed by atoms with van der Waals surface area (Å²) in [4.78, 5) is 36.7. The standard InChI is InChI=1S/C30H33N7O2/c1-20-9-8-10-21(2)26(20)35-29(39)25-19-32-30(36-27(25)33-23-11-6-5-7-12-23)34-24-15-13-22(14-16-24)28(38)31-17-18-37(3)4/h5-16,19H,17-18H2,1-4H3,(H,31,38)(H,35,39)(H2,32,33,34,36). The van der Waals surface area contributed by atoms with E-state index in [1.807, 2.05) is 81.4 Å². The van der Waals surface area contributed by atoms with Crippen LogP contribution in [0.5, 0.6) is 0 Å². The monoisotopic (exact) mass is 523 g/mol. The van der Waals surface area contributed by atoms with E-state index in [2.05, 4.69) is 31.2 Å². The van der Waals surface area contributed by atoms with Crippen molar-refractivity contribution in [1.29, 1.82) is 0 Å². The van der Waals surface area contributed by atoms with Crippen LogP contribution in [0.3, 0.4) is 0 Å². The molecule has 0 radical (unpaired) electrons. The number of benzene rings is 3. The second-order valence-electron chi connectivity index (χ2n) is 9.43. The Labute approximate surface area is 228 Å². The number of para-hydroxylation sites is 2. The average molecular weight is 524 g/mol. The van der Waals surface area contributed by atoms with Crippen molar-refractivity contribution in [3.63, 3.8) is 0 Å². The summed E-state index contributed by atoms with van der Waals surface area (Å²) in [6, 6.07) is 22.4. The molecule has 0 atom stereocenters. The van der Waals surface area contributed by atoms with Gasteiger partial charge in [-0.25, -0.2) is 4.98 Å². The third kappa shape index (κ3) is 7.39. The van der Waals surface area contributed by atoms with E-state index in [-0.39, 0.29) is 11.8 Å². The molecule has 0 spiro atoms. The Morgan fingerprint density at radius 3 is 2.13 bits per heavy atom. The molecule has 0 aliphatic rings. The predicted octanol–water partition coefficient (Wildman–Crippen LogP) is 5.12. The number of hydrogen-bond donors (Lipinski definition) is 4. The van der Waals surface area contributed by atoms with Crippen LogP contribution in [-0.4, -0.2) is 53.9 Å². The van der Waals surface area contributed by atoms with E-state index in [1.165, 1.54) is 6.20 Å². The summed E-state index contributed by atoms with van der Waals surface area (Å²) >= 11 is 0. The third-order valence-electron chi connectivity index (χ3n) is 6.04. The zero-order valence-corrected chi connectivity index (χ0v) is 22.6. The molecule has 0 fully saturated rings. The molecule has 3 aromatic carbocycles. The van der Waals surface area contributed by atoms with E-state index < -0.39 is 0 Å². The first-order valence-corrected chi connectivity index (χ1v) is 12.7. The van der Waals surface area contributed by atoms with Gasteiger partial charge in [0.05, 0.1) is 0 Å². The van der Waals surface area contributed by atoms with Crippen LogP contribution in [0.1, 0.15) is 31.8 Å². The summed E-state index contributed by atoms with van der Waals surface area (Å²) < 4.78 is 0. The number of amides is 2. The highest BCUT2D eigenvalue weighted by atomic mass is 16.2. The van der Waals surface area contributed by atoms with Gasteiger partial charge in [0.25, 0.3) is 11.8 Å². The Balaban J connectivity index is 1.54. The molecule has 2 amide bonds. The molecule has 39 heavy (non-hydrogen) atoms. The number of nitrogens with zero attached hydrogens (tertiary/aromatic N) is 3. The molecule has 9 nitrogen and oxygen atoms in total. The number of hydrogen-bond acceptors (Lipinski definition) is 7. The maximum absolute atomic E-state index is 13.3. The molecular formula is C30H33N7O2. The van der Waals surface area contributed by atoms with E-state index in [0.29, 0.717) is 35.1 Å². The van der Waals surface area contributed by atoms with Crippen molar-refractivity contribution in [3.05, 3.63) is 101 Å². The van der Waals surface area contributed by atoms with Crippen molar-refractivity contribution in [1.82, 2.24) is 20.2 Å². The molecule has 0 saturated heterocycles. The van der Waals surface area contributed by atoms with Crippen LogP contribution < -0.4 is 21.3 Å². The second kappa shape index (κ2) is 12.7. The highest BCUT2D eigenvalue weighted by Gasteiger charge is 2.17. The van der Waals surface area contributed by atoms with E-state index in [9.17, 15) is 9.59 Å². The van der Waals surface area contributed by atoms with Gasteiger partial charge in [-0.15, -0.1) is 0 Å². The molecule has 1 heterocycles. The second-order valence-corrected chi connectivity index (χ2v) is 9.43. The number of carbonyl (C=O) groups excluding carboxylic acids is 2. The lowest BCUT2D eigenvalue weighted by Gasteiger charge is -2.15. The molecule has 4 rings (SSSR count). The topological polar surface area (TPSA) is 111 Å². The van der Waals surface area contributed by atoms with Gasteiger partial charge in [0.15, 0.2) is 0 Å². The largest absolute Gasteiger partial charge is 0.351 e. The van der Waals surface area contributed by atoms with Gasteiger partial charge in [-0.1, -0.05) is 36.4 Å². The number of aryl methyl sites for hydroxylation is 2. The summed E-state index contributed by atoms with van der Waals surface area (Å²) in [6.07, 6.45) is 1.50. The molecule has 9 heteroatoms. The molecule has 0 saturated carbocycles. The Hall–Kier alpha value is -4.76. The molecule has 0 bridgehead atoms. The van der Waals surface area contributed by atoms with E-state index in [1.54, 1.807) is 24.3 Å². The van der Waals surface area contributed by atoms with Gasteiger partial charge in [0, 0.05) is 41.9 Å². The van der Waals surface area contributed by atoms with Gasteiger partial charge in [0.2, 0.25) is 5.95 Å². The lowest BCUT2D eigenvalue weighted by atomic mass is 10.1. The predicted molar refractivity (Wildman–Crippen MR) is 156 cm³/mol. The lowest BCUT2D eigenvalue weighted by molar-refractivity contribution is 0.0950. The van der Waals surface area contributed by atoms with Gasteiger partial charge in [-0.2, -0.15) is 4.98 Å². The highest BCUT2D eigenvalue weighted by Crippen LogP contribution is 2.25. The molecule has 0 aliphatic carbocycles. The fourth-order valence-corrected chi connectivity index (χ4v) is 3.88. The average Bonchev–Trinajstić information content (AvgIpc) is 2.91. The maximum Gasteiger partial charge on any atom is 0.261 e. The molecular weight excluding hydrogens is 490 g/mol. The van der Waals surface area contributed by atoms with Crippen LogP contribution >= 0.6 is 0 Å². The van der Waals surface area contributed by atoms with Crippen molar-refractivity contribution in [3.8, 4) is 0 Å². The van der Waals surface area contributed by atoms with Crippen LogP contribution in [0.2, 0.25) is 0 Å². The number of likely N-dealkylation sites (N-methyl/N-ethyl adjacent to an activating group) is 1. The Morgan fingerprint density at radius 2 is 1.46 bits per heavy atom. The molecule has 0 aliphatic heterocycles. The van der Waals surface area contributed by atoms with Crippen molar-refractivity contribution >= 4 is 40.6 Å². The third-order valence-corrected chi connectivity index (χ3v) is 6.04. The number of carbonyl (C=O) groups is 2. The van der Waals surface area contributed by atoms with E-state index >= 15 is 0 Å². The Morgan fingerprint density at radius 1 is 0.795 bits per heavy atom. The Bertz CT molecular complexity index is 1420. The zero-order valence-electron chi connectivity index (χ0n) is 22.6. The first-order valence-electron chi connectivity index (χ1n) is 12.7. The summed E-state index contributed by atoms with van der Waals surface area (Å²) in [6.45, 7) is 5.24. The van der Waals surface area contributed by atoms with Crippen LogP contribution in [0, 0.1) is 13.8 Å². The van der Waals surface area contributed by atoms with Crippen molar-refractivity contribution < 1.29 is 9.59 Å². The highest BCUT2D eigenvalue weighted by molar-refractivity contribution is 6.08. The van der Waals surface area contributed by atoms with Gasteiger partial charge in [0.1, 0.15) is 11.4 Å². The number of aromatic nitrogens is 2. The Kier molecular flexibility index (Phi) is 8.86. The van der Waals surface area contributed by atoms with Gasteiger partial charge >= 0.3 is 0 Å². The van der Waals surface area contributed by atoms with Gasteiger partial charge < -0.3 is 26.2 Å². The van der Waals surface area contributed by atoms with Crippen molar-refractivity contribution in [2.24, 2.45) is 0 Å². The number of anilines is 5. The fourth-order valence-electron chi connectivity index (χ4n) is 3.88. The summed E-state index contributed by atoms with van der Waals surface area (Å²) in [7, 11) is 3.92. The zero-order chi connectivity index (χ0) is 27.8. The minimum Gasteiger partial charge on any atom is -0.351 e. The SMILES string of the molecule is Cc1cccc(C)c1NC(=O)c1cnc(Nc2ccc(C(=O)NCCN(C)C)cc2)nc1Nc1ccccc1. The van der Waals surface area contributed by atoms with E-state index in [0.717, 1.165) is 29.0 Å². The quantitative estimate of drug-likeness (QED) is 0.228. The van der Waals surface area contributed by atoms with E-state index in [4.69, 9.17) is 0 Å². The summed E-state index contributed by atoms with van der Waals surface area (Å²) in [5.74, 6) is 0.217. The fraction of sp³-hybridized carbons (Fsp3) is 0.200. The first kappa shape index (κ1) is 27.3. The van der Waals surface area contributed by atoms with Crippen molar-refractivity contribution in [2.45, 2.75) is 13.8 Å². The minimum absolute atomic E-state index is 0.131. The smallest absolute Gasteiger partial charge is 0.261 e. The maximum atomic E-state index is 13.3. The van der Waals surface area contributed by atoms with Crippen LogP contribution in [0.25, 0.3) is 0 Å². The first-order chi connectivity index (χ1) is 18.8. The number of rotatable bonds is 10. The molecule has 1 aromatic heterocycles. The minimum atomic E-state index is -0.318. The van der Waals surface area contributed by atoms with Gasteiger partial charge in [-0.3, -0.25) is 9.59 Å². The van der Waals surface area contributed by atoms with Crippen LogP contribution in [0.4, 0.5) is 28.8 Å². The summed E-state index contributed by atoms with van der Waals surface area (Å²) in [5, 5.41) is 12.3. The van der Waals surface area contributed by atoms with Crippen LogP contribution in [-0.2, 0) is 0 Å². The molecule has 4 aromatic rings. The van der Waals surface area contributed by atoms with Crippen LogP contribution in [0.15, 0.2) is 79.0 Å². The molecule has 4 N–H and O–H groups in total. The molecule has 200 valence electrons. The van der Waals surface area contributed by atoms with Crippen molar-refractivity contribution in [2.75, 3.05) is 43.1 Å².